The van der Waals surface area contributed by atoms with E-state index < -0.39 is 10.2 Å². The highest BCUT2D eigenvalue weighted by Crippen LogP contribution is 2.11. The van der Waals surface area contributed by atoms with Crippen molar-refractivity contribution in [2.75, 3.05) is 13.1 Å². The number of nitrogens with one attached hydrogen (secondary N) is 1. The predicted octanol–water partition coefficient (Wildman–Crippen LogP) is 0.227. The van der Waals surface area contributed by atoms with Crippen LogP contribution in [0.1, 0.15) is 12.8 Å². The summed E-state index contributed by atoms with van der Waals surface area (Å²) in [6.45, 7) is 1.28. The highest BCUT2D eigenvalue weighted by atomic mass is 79.9. The second-order valence-corrected chi connectivity index (χ2v) is 4.78. The zero-order valence-corrected chi connectivity index (χ0v) is 7.78. The van der Waals surface area contributed by atoms with Crippen LogP contribution in [-0.4, -0.2) is 25.8 Å². The molecule has 1 aliphatic heterocycles. The van der Waals surface area contributed by atoms with E-state index in [2.05, 4.69) is 19.9 Å². The maximum absolute atomic E-state index is 11.0. The van der Waals surface area contributed by atoms with Gasteiger partial charge >= 0.3 is 0 Å². The summed E-state index contributed by atoms with van der Waals surface area (Å²) in [6, 6.07) is 0. The summed E-state index contributed by atoms with van der Waals surface area (Å²) >= 11 is 2.70. The number of nitrogens with zero attached hydrogens (tertiary/aromatic N) is 1. The Labute approximate surface area is 69.1 Å². The molecule has 0 spiro atoms. The van der Waals surface area contributed by atoms with E-state index in [1.54, 1.807) is 0 Å². The van der Waals surface area contributed by atoms with Crippen molar-refractivity contribution in [1.82, 2.24) is 8.05 Å². The van der Waals surface area contributed by atoms with Crippen molar-refractivity contribution in [3.05, 3.63) is 0 Å². The third-order valence-corrected chi connectivity index (χ3v) is 3.97. The lowest BCUT2D eigenvalue weighted by Gasteiger charge is -2.11. The maximum atomic E-state index is 11.0. The van der Waals surface area contributed by atoms with Crippen LogP contribution in [0.15, 0.2) is 0 Å². The SMILES string of the molecule is O=S(=O)(NBr)N1CCCC1. The van der Waals surface area contributed by atoms with Gasteiger partial charge in [-0.15, -0.1) is 3.75 Å². The molecule has 0 aromatic carbocycles. The fourth-order valence-electron chi connectivity index (χ4n) is 0.977. The Bertz CT molecular complexity index is 197. The highest BCUT2D eigenvalue weighted by Gasteiger charge is 2.23. The van der Waals surface area contributed by atoms with Gasteiger partial charge in [0.05, 0.1) is 0 Å². The molecule has 0 unspecified atom stereocenters. The Morgan fingerprint density at radius 3 is 2.20 bits per heavy atom. The lowest BCUT2D eigenvalue weighted by atomic mass is 10.4. The van der Waals surface area contributed by atoms with Gasteiger partial charge in [0.25, 0.3) is 10.2 Å². The summed E-state index contributed by atoms with van der Waals surface area (Å²) in [4.78, 5) is 0. The van der Waals surface area contributed by atoms with E-state index in [0.717, 1.165) is 12.8 Å². The van der Waals surface area contributed by atoms with Gasteiger partial charge in [0, 0.05) is 29.2 Å². The van der Waals surface area contributed by atoms with Crippen molar-refractivity contribution in [1.29, 1.82) is 0 Å². The van der Waals surface area contributed by atoms with Gasteiger partial charge in [0.1, 0.15) is 0 Å². The third-order valence-electron chi connectivity index (χ3n) is 1.50. The van der Waals surface area contributed by atoms with Crippen LogP contribution in [0.3, 0.4) is 0 Å². The molecule has 0 radical (unpaired) electrons. The standard InChI is InChI=1S/C4H9BrN2O2S/c5-6-10(8,9)7-3-1-2-4-7/h6H,1-4H2. The molecule has 60 valence electrons. The maximum Gasteiger partial charge on any atom is 0.289 e. The summed E-state index contributed by atoms with van der Waals surface area (Å²) in [5, 5.41) is 0. The zero-order valence-electron chi connectivity index (χ0n) is 5.38. The van der Waals surface area contributed by atoms with E-state index in [-0.39, 0.29) is 0 Å². The van der Waals surface area contributed by atoms with E-state index in [1.807, 2.05) is 0 Å². The number of hydrogen-bond acceptors (Lipinski definition) is 2. The molecule has 6 heteroatoms. The van der Waals surface area contributed by atoms with E-state index in [4.69, 9.17) is 0 Å². The van der Waals surface area contributed by atoms with Crippen LogP contribution in [0.5, 0.6) is 0 Å². The molecule has 0 atom stereocenters. The van der Waals surface area contributed by atoms with Crippen LogP contribution in [0.2, 0.25) is 0 Å². The highest BCUT2D eigenvalue weighted by molar-refractivity contribution is 9.09. The number of rotatable bonds is 2. The predicted molar refractivity (Wildman–Crippen MR) is 41.8 cm³/mol. The van der Waals surface area contributed by atoms with Gasteiger partial charge in [-0.2, -0.15) is 12.7 Å². The molecule has 0 aromatic heterocycles. The first-order chi connectivity index (χ1) is 4.67. The topological polar surface area (TPSA) is 49.4 Å². The summed E-state index contributed by atoms with van der Waals surface area (Å²) < 4.78 is 25.5. The number of halogens is 1. The Balaban J connectivity index is 2.63. The molecular formula is C4H9BrN2O2S. The van der Waals surface area contributed by atoms with Crippen LogP contribution in [0.25, 0.3) is 0 Å². The Hall–Kier alpha value is 0.350. The first-order valence-electron chi connectivity index (χ1n) is 3.04. The first kappa shape index (κ1) is 8.45. The quantitative estimate of drug-likeness (QED) is 0.689. The molecule has 1 saturated heterocycles. The summed E-state index contributed by atoms with van der Waals surface area (Å²) in [7, 11) is -3.20. The molecule has 1 aliphatic rings. The minimum absolute atomic E-state index is 0.640. The summed E-state index contributed by atoms with van der Waals surface area (Å²) in [5.41, 5.74) is 0. The monoisotopic (exact) mass is 228 g/mol. The lowest BCUT2D eigenvalue weighted by Crippen LogP contribution is -2.33. The van der Waals surface area contributed by atoms with E-state index >= 15 is 0 Å². The van der Waals surface area contributed by atoms with E-state index in [1.165, 1.54) is 4.31 Å². The Morgan fingerprint density at radius 2 is 1.80 bits per heavy atom. The van der Waals surface area contributed by atoms with Gasteiger partial charge in [-0.25, -0.2) is 0 Å². The van der Waals surface area contributed by atoms with Crippen molar-refractivity contribution < 1.29 is 8.42 Å². The Morgan fingerprint density at radius 1 is 1.30 bits per heavy atom. The number of hydrogen-bond donors (Lipinski definition) is 1. The van der Waals surface area contributed by atoms with Gasteiger partial charge in [-0.05, 0) is 12.8 Å². The van der Waals surface area contributed by atoms with Gasteiger partial charge in [0.2, 0.25) is 0 Å². The van der Waals surface area contributed by atoms with Crippen molar-refractivity contribution >= 4 is 26.4 Å². The molecule has 0 aromatic rings. The molecule has 1 fully saturated rings. The van der Waals surface area contributed by atoms with Crippen molar-refractivity contribution in [3.8, 4) is 0 Å². The van der Waals surface area contributed by atoms with Gasteiger partial charge < -0.3 is 0 Å². The minimum Gasteiger partial charge on any atom is -0.194 e. The average Bonchev–Trinajstić information content (AvgIpc) is 2.38. The van der Waals surface area contributed by atoms with Crippen molar-refractivity contribution in [2.24, 2.45) is 0 Å². The largest absolute Gasteiger partial charge is 0.289 e. The van der Waals surface area contributed by atoms with Crippen LogP contribution in [0.4, 0.5) is 0 Å². The molecule has 1 rings (SSSR count). The molecule has 1 N–H and O–H groups in total. The molecule has 0 amide bonds. The van der Waals surface area contributed by atoms with Crippen LogP contribution < -0.4 is 3.75 Å². The molecule has 1 heterocycles. The fraction of sp³-hybridized carbons (Fsp3) is 1.00. The molecular weight excluding hydrogens is 220 g/mol. The van der Waals surface area contributed by atoms with Crippen LogP contribution in [0, 0.1) is 0 Å². The minimum atomic E-state index is -3.20. The second-order valence-electron chi connectivity index (χ2n) is 2.19. The Kier molecular flexibility index (Phi) is 2.67. The van der Waals surface area contributed by atoms with Crippen LogP contribution in [-0.2, 0) is 10.2 Å². The van der Waals surface area contributed by atoms with E-state index in [0.29, 0.717) is 13.1 Å². The van der Waals surface area contributed by atoms with Crippen LogP contribution >= 0.6 is 16.1 Å². The van der Waals surface area contributed by atoms with Gasteiger partial charge in [-0.1, -0.05) is 0 Å². The first-order valence-corrected chi connectivity index (χ1v) is 5.27. The molecule has 0 aliphatic carbocycles. The zero-order chi connectivity index (χ0) is 7.61. The van der Waals surface area contributed by atoms with Gasteiger partial charge in [0.15, 0.2) is 0 Å². The summed E-state index contributed by atoms with van der Waals surface area (Å²) in [6.07, 6.45) is 1.93. The van der Waals surface area contributed by atoms with Crippen molar-refractivity contribution in [2.45, 2.75) is 12.8 Å². The van der Waals surface area contributed by atoms with Gasteiger partial charge in [-0.3, -0.25) is 0 Å². The second kappa shape index (κ2) is 3.17. The lowest BCUT2D eigenvalue weighted by molar-refractivity contribution is 0.476. The smallest absolute Gasteiger partial charge is 0.194 e. The summed E-state index contributed by atoms with van der Waals surface area (Å²) in [5.74, 6) is 0. The molecule has 10 heavy (non-hydrogen) atoms. The average molecular weight is 229 g/mol. The fourth-order valence-corrected chi connectivity index (χ4v) is 2.43. The molecule has 4 nitrogen and oxygen atoms in total. The third kappa shape index (κ3) is 1.69. The molecule has 0 saturated carbocycles. The molecule has 0 bridgehead atoms. The van der Waals surface area contributed by atoms with E-state index in [9.17, 15) is 8.42 Å². The van der Waals surface area contributed by atoms with Crippen molar-refractivity contribution in [3.63, 3.8) is 0 Å². The normalized spacial score (nSPS) is 21.7.